The van der Waals surface area contributed by atoms with Gasteiger partial charge in [-0.25, -0.2) is 4.79 Å². The van der Waals surface area contributed by atoms with Gasteiger partial charge in [0.2, 0.25) is 0 Å². The van der Waals surface area contributed by atoms with Crippen molar-refractivity contribution in [1.82, 2.24) is 15.1 Å². The average molecular weight is 376 g/mol. The van der Waals surface area contributed by atoms with E-state index in [0.717, 1.165) is 37.1 Å². The van der Waals surface area contributed by atoms with Crippen LogP contribution in [0.15, 0.2) is 0 Å². The van der Waals surface area contributed by atoms with Crippen molar-refractivity contribution < 1.29 is 14.3 Å². The lowest BCUT2D eigenvalue weighted by atomic mass is 9.49. The van der Waals surface area contributed by atoms with Gasteiger partial charge in [-0.3, -0.25) is 4.79 Å². The molecule has 6 fully saturated rings. The average Bonchev–Trinajstić information content (AvgIpc) is 3.19. The predicted octanol–water partition coefficient (Wildman–Crippen LogP) is 2.24. The second-order valence-electron chi connectivity index (χ2n) is 9.89. The molecule has 150 valence electrons. The first-order valence-electron chi connectivity index (χ1n) is 11.0. The number of ether oxygens (including phenoxy) is 1. The smallest absolute Gasteiger partial charge is 0.317 e. The van der Waals surface area contributed by atoms with E-state index in [1.165, 1.54) is 38.5 Å². The molecule has 1 atom stereocenters. The summed E-state index contributed by atoms with van der Waals surface area (Å²) < 4.78 is 5.51. The number of amides is 3. The van der Waals surface area contributed by atoms with Gasteiger partial charge in [-0.05, 0) is 74.5 Å². The van der Waals surface area contributed by atoms with Crippen molar-refractivity contribution in [2.45, 2.75) is 57.5 Å². The SMILES string of the molecule is O=C(NCC12CC3CC(CC(C3)C1)C2)N1CCN(C(=O)C2CCCO2)CC1. The van der Waals surface area contributed by atoms with E-state index < -0.39 is 0 Å². The van der Waals surface area contributed by atoms with Crippen LogP contribution in [0.3, 0.4) is 0 Å². The van der Waals surface area contributed by atoms with Crippen molar-refractivity contribution in [3.05, 3.63) is 0 Å². The molecule has 0 radical (unpaired) electrons. The van der Waals surface area contributed by atoms with Gasteiger partial charge in [0.25, 0.3) is 5.91 Å². The maximum absolute atomic E-state index is 12.7. The van der Waals surface area contributed by atoms with Crippen LogP contribution in [0.5, 0.6) is 0 Å². The van der Waals surface area contributed by atoms with Gasteiger partial charge in [-0.2, -0.15) is 0 Å². The van der Waals surface area contributed by atoms with Gasteiger partial charge >= 0.3 is 6.03 Å². The molecule has 4 saturated carbocycles. The first-order chi connectivity index (χ1) is 13.1. The van der Waals surface area contributed by atoms with E-state index in [1.54, 1.807) is 0 Å². The van der Waals surface area contributed by atoms with Crippen LogP contribution >= 0.6 is 0 Å². The summed E-state index contributed by atoms with van der Waals surface area (Å²) in [5.74, 6) is 2.86. The van der Waals surface area contributed by atoms with E-state index in [4.69, 9.17) is 4.74 Å². The molecule has 0 aromatic carbocycles. The molecule has 6 heteroatoms. The maximum atomic E-state index is 12.7. The largest absolute Gasteiger partial charge is 0.368 e. The van der Waals surface area contributed by atoms with Crippen molar-refractivity contribution >= 4 is 11.9 Å². The van der Waals surface area contributed by atoms with Gasteiger partial charge in [0.15, 0.2) is 0 Å². The third kappa shape index (κ3) is 3.45. The zero-order valence-corrected chi connectivity index (χ0v) is 16.3. The zero-order valence-electron chi connectivity index (χ0n) is 16.3. The van der Waals surface area contributed by atoms with E-state index in [1.807, 2.05) is 9.80 Å². The Kier molecular flexibility index (Phi) is 4.57. The number of hydrogen-bond donors (Lipinski definition) is 1. The van der Waals surface area contributed by atoms with Crippen molar-refractivity contribution in [2.75, 3.05) is 39.3 Å². The number of carbonyl (C=O) groups is 2. The molecular weight excluding hydrogens is 342 g/mol. The summed E-state index contributed by atoms with van der Waals surface area (Å²) in [6, 6.07) is 0.0648. The summed E-state index contributed by atoms with van der Waals surface area (Å²) in [6.45, 7) is 4.07. The number of nitrogens with one attached hydrogen (secondary N) is 1. The standard InChI is InChI=1S/C21H33N3O3/c25-19(18-2-1-7-27-18)23-3-5-24(6-4-23)20(26)22-14-21-11-15-8-16(12-21)10-17(9-15)13-21/h15-18H,1-14H2,(H,22,26). The Morgan fingerprint density at radius 1 is 0.926 bits per heavy atom. The summed E-state index contributed by atoms with van der Waals surface area (Å²) >= 11 is 0. The molecule has 2 aliphatic heterocycles. The van der Waals surface area contributed by atoms with E-state index in [9.17, 15) is 9.59 Å². The zero-order chi connectivity index (χ0) is 18.4. The second kappa shape index (κ2) is 6.94. The minimum atomic E-state index is -0.249. The molecular formula is C21H33N3O3. The lowest BCUT2D eigenvalue weighted by Gasteiger charge is -2.57. The van der Waals surface area contributed by atoms with Gasteiger partial charge in [-0.1, -0.05) is 0 Å². The molecule has 27 heavy (non-hydrogen) atoms. The van der Waals surface area contributed by atoms with Crippen molar-refractivity contribution in [3.63, 3.8) is 0 Å². The Hall–Kier alpha value is -1.30. The summed E-state index contributed by atoms with van der Waals surface area (Å²) in [5, 5.41) is 3.27. The Morgan fingerprint density at radius 3 is 2.07 bits per heavy atom. The fraction of sp³-hybridized carbons (Fsp3) is 0.905. The molecule has 2 heterocycles. The van der Waals surface area contributed by atoms with Crippen LogP contribution in [0, 0.1) is 23.2 Å². The normalized spacial score (nSPS) is 40.4. The van der Waals surface area contributed by atoms with E-state index in [-0.39, 0.29) is 18.0 Å². The molecule has 1 unspecified atom stereocenters. The Bertz CT molecular complexity index is 558. The van der Waals surface area contributed by atoms with E-state index in [0.29, 0.717) is 38.2 Å². The molecule has 4 bridgehead atoms. The minimum Gasteiger partial charge on any atom is -0.368 e. The molecule has 4 aliphatic carbocycles. The number of rotatable bonds is 3. The van der Waals surface area contributed by atoms with Crippen LogP contribution in [0.2, 0.25) is 0 Å². The predicted molar refractivity (Wildman–Crippen MR) is 101 cm³/mol. The molecule has 1 N–H and O–H groups in total. The first-order valence-corrected chi connectivity index (χ1v) is 11.0. The van der Waals surface area contributed by atoms with Crippen molar-refractivity contribution in [3.8, 4) is 0 Å². The van der Waals surface area contributed by atoms with Crippen LogP contribution in [0.4, 0.5) is 4.79 Å². The molecule has 2 saturated heterocycles. The van der Waals surface area contributed by atoms with Crippen LogP contribution in [0.1, 0.15) is 51.4 Å². The maximum Gasteiger partial charge on any atom is 0.317 e. The molecule has 6 rings (SSSR count). The van der Waals surface area contributed by atoms with Gasteiger partial charge in [0.05, 0.1) is 0 Å². The van der Waals surface area contributed by atoms with Gasteiger partial charge in [0.1, 0.15) is 6.10 Å². The molecule has 0 aromatic heterocycles. The number of piperazine rings is 1. The third-order valence-corrected chi connectivity index (χ3v) is 7.86. The highest BCUT2D eigenvalue weighted by molar-refractivity contribution is 5.81. The topological polar surface area (TPSA) is 61.9 Å². The van der Waals surface area contributed by atoms with Crippen LogP contribution in [-0.4, -0.2) is 67.2 Å². The Balaban J connectivity index is 1.10. The second-order valence-corrected chi connectivity index (χ2v) is 9.89. The lowest BCUT2D eigenvalue weighted by molar-refractivity contribution is -0.142. The highest BCUT2D eigenvalue weighted by Gasteiger charge is 2.50. The Morgan fingerprint density at radius 2 is 1.52 bits per heavy atom. The molecule has 3 amide bonds. The third-order valence-electron chi connectivity index (χ3n) is 7.86. The highest BCUT2D eigenvalue weighted by atomic mass is 16.5. The first kappa shape index (κ1) is 17.8. The van der Waals surface area contributed by atoms with Crippen molar-refractivity contribution in [2.24, 2.45) is 23.2 Å². The van der Waals surface area contributed by atoms with Crippen LogP contribution < -0.4 is 5.32 Å². The lowest BCUT2D eigenvalue weighted by Crippen LogP contribution is -2.57. The number of nitrogens with zero attached hydrogens (tertiary/aromatic N) is 2. The van der Waals surface area contributed by atoms with E-state index >= 15 is 0 Å². The van der Waals surface area contributed by atoms with Gasteiger partial charge in [0, 0.05) is 39.3 Å². The molecule has 6 nitrogen and oxygen atoms in total. The molecule has 0 aromatic rings. The number of carbonyl (C=O) groups excluding carboxylic acids is 2. The fourth-order valence-electron chi connectivity index (χ4n) is 6.99. The quantitative estimate of drug-likeness (QED) is 0.823. The summed E-state index contributed by atoms with van der Waals surface area (Å²) in [5.41, 5.74) is 0.377. The Labute approximate surface area is 162 Å². The molecule has 6 aliphatic rings. The molecule has 0 spiro atoms. The highest BCUT2D eigenvalue weighted by Crippen LogP contribution is 2.59. The minimum absolute atomic E-state index is 0.0648. The number of hydrogen-bond acceptors (Lipinski definition) is 3. The summed E-state index contributed by atoms with van der Waals surface area (Å²) in [4.78, 5) is 28.9. The number of urea groups is 1. The fourth-order valence-corrected chi connectivity index (χ4v) is 6.99. The van der Waals surface area contributed by atoms with Crippen LogP contribution in [-0.2, 0) is 9.53 Å². The van der Waals surface area contributed by atoms with Gasteiger partial charge in [-0.15, -0.1) is 0 Å². The van der Waals surface area contributed by atoms with Crippen LogP contribution in [0.25, 0.3) is 0 Å². The van der Waals surface area contributed by atoms with Crippen molar-refractivity contribution in [1.29, 1.82) is 0 Å². The van der Waals surface area contributed by atoms with E-state index in [2.05, 4.69) is 5.32 Å². The monoisotopic (exact) mass is 375 g/mol. The summed E-state index contributed by atoms with van der Waals surface area (Å²) in [6.07, 6.45) is 9.85. The summed E-state index contributed by atoms with van der Waals surface area (Å²) in [7, 11) is 0. The van der Waals surface area contributed by atoms with Gasteiger partial charge < -0.3 is 19.9 Å².